The molecule has 3 N–H and O–H groups in total. The molecule has 2 rings (SSSR count). The molecule has 98 valence electrons. The van der Waals surface area contributed by atoms with Gasteiger partial charge in [-0.05, 0) is 19.1 Å². The molecular formula is C16H18N2O. The third-order valence-electron chi connectivity index (χ3n) is 2.83. The number of anilines is 1. The largest absolute Gasteiger partial charge is 0.504 e. The molecule has 0 saturated heterocycles. The maximum atomic E-state index is 6.13. The fourth-order valence-corrected chi connectivity index (χ4v) is 1.83. The van der Waals surface area contributed by atoms with Gasteiger partial charge in [-0.1, -0.05) is 42.0 Å². The number of nitrogens with two attached hydrogens (primary N) is 1. The molecule has 0 radical (unpaired) electrons. The fraction of sp³-hybridized carbons (Fsp3) is 0.125. The highest BCUT2D eigenvalue weighted by atomic mass is 16.5. The second-order valence-corrected chi connectivity index (χ2v) is 4.35. The van der Waals surface area contributed by atoms with Crippen molar-refractivity contribution in [3.63, 3.8) is 0 Å². The Morgan fingerprint density at radius 2 is 1.79 bits per heavy atom. The van der Waals surface area contributed by atoms with Gasteiger partial charge in [-0.15, -0.1) is 0 Å². The second kappa shape index (κ2) is 5.96. The van der Waals surface area contributed by atoms with Crippen LogP contribution in [0.25, 0.3) is 12.1 Å². The molecule has 3 nitrogen and oxygen atoms in total. The number of aryl methyl sites for hydroxylation is 1. The zero-order chi connectivity index (χ0) is 13.7. The van der Waals surface area contributed by atoms with E-state index in [0.29, 0.717) is 5.82 Å². The van der Waals surface area contributed by atoms with Gasteiger partial charge in [-0.25, -0.2) is 0 Å². The number of rotatable bonds is 3. The molecule has 0 atom stereocenters. The van der Waals surface area contributed by atoms with Gasteiger partial charge in [0.25, 0.3) is 0 Å². The lowest BCUT2D eigenvalue weighted by molar-refractivity contribution is 0.391. The van der Waals surface area contributed by atoms with Crippen LogP contribution in [0.2, 0.25) is 0 Å². The van der Waals surface area contributed by atoms with E-state index in [1.807, 2.05) is 48.5 Å². The number of hydrogen-bond donors (Lipinski definition) is 2. The van der Waals surface area contributed by atoms with Gasteiger partial charge in [-0.2, -0.15) is 0 Å². The molecule has 0 bridgehead atoms. The van der Waals surface area contributed by atoms with Crippen molar-refractivity contribution in [2.24, 2.45) is 5.73 Å². The Labute approximate surface area is 113 Å². The molecule has 0 aliphatic carbocycles. The Hall–Kier alpha value is -2.42. The molecule has 0 amide bonds. The molecule has 2 aromatic carbocycles. The van der Waals surface area contributed by atoms with E-state index < -0.39 is 0 Å². The summed E-state index contributed by atoms with van der Waals surface area (Å²) in [6.07, 6.45) is 1.68. The summed E-state index contributed by atoms with van der Waals surface area (Å²) >= 11 is 0. The van der Waals surface area contributed by atoms with Crippen molar-refractivity contribution in [3.05, 3.63) is 64.5 Å². The standard InChI is InChI=1S/C16H18N2O/c1-12-7-9-14(10-8-12)18-16(17)15-6-4-3-5-13(15)11-19-2/h3-11,18H,17H2,1-2H3/b13-11+,16-15+. The maximum absolute atomic E-state index is 6.13. The third kappa shape index (κ3) is 3.28. The van der Waals surface area contributed by atoms with Crippen molar-refractivity contribution in [1.82, 2.24) is 0 Å². The molecular weight excluding hydrogens is 236 g/mol. The molecule has 0 aliphatic rings. The Balaban J connectivity index is 2.42. The van der Waals surface area contributed by atoms with Gasteiger partial charge in [0.2, 0.25) is 0 Å². The molecule has 19 heavy (non-hydrogen) atoms. The van der Waals surface area contributed by atoms with Crippen molar-refractivity contribution in [2.45, 2.75) is 6.92 Å². The fourth-order valence-electron chi connectivity index (χ4n) is 1.83. The van der Waals surface area contributed by atoms with E-state index in [2.05, 4.69) is 12.2 Å². The van der Waals surface area contributed by atoms with Crippen LogP contribution in [0.1, 0.15) is 5.56 Å². The topological polar surface area (TPSA) is 47.3 Å². The summed E-state index contributed by atoms with van der Waals surface area (Å²) in [5, 5.41) is 5.07. The first kappa shape index (κ1) is 13.0. The highest BCUT2D eigenvalue weighted by molar-refractivity contribution is 5.62. The summed E-state index contributed by atoms with van der Waals surface area (Å²) in [5.74, 6) is 0.604. The monoisotopic (exact) mass is 254 g/mol. The Morgan fingerprint density at radius 3 is 2.47 bits per heavy atom. The van der Waals surface area contributed by atoms with Gasteiger partial charge in [0.05, 0.1) is 13.4 Å². The quantitative estimate of drug-likeness (QED) is 0.873. The SMILES string of the molecule is CO/C=c1\cccc\c1=C(\N)Nc1ccc(C)cc1. The average molecular weight is 254 g/mol. The molecule has 0 spiro atoms. The van der Waals surface area contributed by atoms with E-state index in [1.165, 1.54) is 5.56 Å². The van der Waals surface area contributed by atoms with Crippen molar-refractivity contribution in [2.75, 3.05) is 12.4 Å². The van der Waals surface area contributed by atoms with Gasteiger partial charge >= 0.3 is 0 Å². The van der Waals surface area contributed by atoms with Crippen LogP contribution in [0, 0.1) is 6.92 Å². The maximum Gasteiger partial charge on any atom is 0.109 e. The van der Waals surface area contributed by atoms with Crippen LogP contribution in [-0.4, -0.2) is 7.11 Å². The average Bonchev–Trinajstić information content (AvgIpc) is 2.42. The summed E-state index contributed by atoms with van der Waals surface area (Å²) in [4.78, 5) is 0. The van der Waals surface area contributed by atoms with Gasteiger partial charge in [-0.3, -0.25) is 0 Å². The van der Waals surface area contributed by atoms with Crippen LogP contribution in [0.15, 0.2) is 48.5 Å². The van der Waals surface area contributed by atoms with E-state index in [9.17, 15) is 0 Å². The molecule has 0 unspecified atom stereocenters. The van der Waals surface area contributed by atoms with Crippen molar-refractivity contribution in [1.29, 1.82) is 0 Å². The van der Waals surface area contributed by atoms with Crippen molar-refractivity contribution >= 4 is 17.8 Å². The molecule has 0 heterocycles. The van der Waals surface area contributed by atoms with Gasteiger partial charge < -0.3 is 15.8 Å². The molecule has 0 fully saturated rings. The first-order chi connectivity index (χ1) is 9.20. The minimum absolute atomic E-state index is 0.604. The van der Waals surface area contributed by atoms with E-state index in [1.54, 1.807) is 13.4 Å². The van der Waals surface area contributed by atoms with Crippen LogP contribution >= 0.6 is 0 Å². The lowest BCUT2D eigenvalue weighted by atomic mass is 10.2. The minimum atomic E-state index is 0.604. The van der Waals surface area contributed by atoms with Crippen LogP contribution in [0.4, 0.5) is 5.69 Å². The predicted molar refractivity (Wildman–Crippen MR) is 79.6 cm³/mol. The highest BCUT2D eigenvalue weighted by Crippen LogP contribution is 2.09. The lowest BCUT2D eigenvalue weighted by Gasteiger charge is -2.07. The third-order valence-corrected chi connectivity index (χ3v) is 2.83. The van der Waals surface area contributed by atoms with E-state index in [4.69, 9.17) is 10.5 Å². The van der Waals surface area contributed by atoms with Gasteiger partial charge in [0.15, 0.2) is 0 Å². The van der Waals surface area contributed by atoms with Crippen LogP contribution in [-0.2, 0) is 4.74 Å². The second-order valence-electron chi connectivity index (χ2n) is 4.35. The van der Waals surface area contributed by atoms with Gasteiger partial charge in [0, 0.05) is 16.1 Å². The van der Waals surface area contributed by atoms with Gasteiger partial charge in [0.1, 0.15) is 5.82 Å². The Morgan fingerprint density at radius 1 is 1.11 bits per heavy atom. The molecule has 0 saturated carbocycles. The first-order valence-corrected chi connectivity index (χ1v) is 6.12. The summed E-state index contributed by atoms with van der Waals surface area (Å²) in [7, 11) is 1.63. The summed E-state index contributed by atoms with van der Waals surface area (Å²) in [5.41, 5.74) is 8.31. The van der Waals surface area contributed by atoms with Crippen LogP contribution in [0.3, 0.4) is 0 Å². The first-order valence-electron chi connectivity index (χ1n) is 6.12. The number of ether oxygens (including phenoxy) is 1. The lowest BCUT2D eigenvalue weighted by Crippen LogP contribution is -2.32. The number of nitrogens with one attached hydrogen (secondary N) is 1. The van der Waals surface area contributed by atoms with Crippen LogP contribution < -0.4 is 21.5 Å². The molecule has 0 aliphatic heterocycles. The van der Waals surface area contributed by atoms with Crippen LogP contribution in [0.5, 0.6) is 0 Å². The summed E-state index contributed by atoms with van der Waals surface area (Å²) in [6, 6.07) is 15.9. The molecule has 0 aromatic heterocycles. The van der Waals surface area contributed by atoms with E-state index in [-0.39, 0.29) is 0 Å². The predicted octanol–water partition coefficient (Wildman–Crippen LogP) is 1.52. The Kier molecular flexibility index (Phi) is 4.08. The number of methoxy groups -OCH3 is 1. The summed E-state index contributed by atoms with van der Waals surface area (Å²) < 4.78 is 5.06. The molecule has 3 heteroatoms. The smallest absolute Gasteiger partial charge is 0.109 e. The van der Waals surface area contributed by atoms with Crippen molar-refractivity contribution in [3.8, 4) is 0 Å². The van der Waals surface area contributed by atoms with E-state index >= 15 is 0 Å². The zero-order valence-electron chi connectivity index (χ0n) is 11.2. The Bertz CT molecular complexity index is 660. The minimum Gasteiger partial charge on any atom is -0.504 e. The van der Waals surface area contributed by atoms with E-state index in [0.717, 1.165) is 16.1 Å². The normalized spacial score (nSPS) is 13.1. The number of benzene rings is 2. The highest BCUT2D eigenvalue weighted by Gasteiger charge is 1.96. The zero-order valence-corrected chi connectivity index (χ0v) is 11.2. The molecule has 2 aromatic rings. The summed E-state index contributed by atoms with van der Waals surface area (Å²) in [6.45, 7) is 2.06. The van der Waals surface area contributed by atoms with Crippen molar-refractivity contribution < 1.29 is 4.74 Å². The number of hydrogen-bond acceptors (Lipinski definition) is 3.